The van der Waals surface area contributed by atoms with Crippen molar-refractivity contribution in [2.24, 2.45) is 11.3 Å². The van der Waals surface area contributed by atoms with Crippen molar-refractivity contribution in [1.29, 1.82) is 0 Å². The molecule has 29 heavy (non-hydrogen) atoms. The summed E-state index contributed by atoms with van der Waals surface area (Å²) >= 11 is 0. The number of hydrogen-bond donors (Lipinski definition) is 0. The maximum Gasteiger partial charge on any atom is 0.273 e. The number of amides is 2. The highest BCUT2D eigenvalue weighted by molar-refractivity contribution is 6.05. The lowest BCUT2D eigenvalue weighted by Crippen LogP contribution is -2.39. The average molecular weight is 392 g/mol. The molecule has 5 rings (SSSR count). The maximum atomic E-state index is 13.4. The molecule has 3 fully saturated rings. The molecular weight excluding hydrogens is 362 g/mol. The smallest absolute Gasteiger partial charge is 0.273 e. The molecule has 2 amide bonds. The molecule has 1 aromatic carbocycles. The molecule has 1 atom stereocenters. The molecule has 0 radical (unpaired) electrons. The van der Waals surface area contributed by atoms with Crippen LogP contribution in [0.5, 0.6) is 0 Å². The molecule has 2 aromatic rings. The molecule has 1 spiro atoms. The Bertz CT molecular complexity index is 925. The minimum atomic E-state index is 0.0430. The Hall–Kier alpha value is -2.43. The largest absolute Gasteiger partial charge is 0.343 e. The van der Waals surface area contributed by atoms with Gasteiger partial charge in [-0.25, -0.2) is 0 Å². The summed E-state index contributed by atoms with van der Waals surface area (Å²) in [7, 11) is 0. The third-order valence-electron chi connectivity index (χ3n) is 7.49. The Labute approximate surface area is 172 Å². The van der Waals surface area contributed by atoms with E-state index in [0.29, 0.717) is 23.9 Å². The minimum absolute atomic E-state index is 0.0430. The summed E-state index contributed by atoms with van der Waals surface area (Å²) in [6.45, 7) is 3.42. The van der Waals surface area contributed by atoms with Crippen molar-refractivity contribution in [3.05, 3.63) is 42.2 Å². The molecule has 5 nitrogen and oxygen atoms in total. The Kier molecular flexibility index (Phi) is 4.76. The average Bonchev–Trinajstić information content (AvgIpc) is 3.39. The van der Waals surface area contributed by atoms with E-state index >= 15 is 0 Å². The standard InChI is InChI=1S/C24H29N3O2/c28-21(26-14-3-4-15-26)9-8-19-16-27(17-24(19)11-5-12-24)23(29)22-20-7-2-1-6-18(20)10-13-25-22/h1-2,6-7,10,13,19H,3-5,8-9,11-12,14-17H2. The zero-order valence-corrected chi connectivity index (χ0v) is 17.0. The predicted octanol–water partition coefficient (Wildman–Crippen LogP) is 3.88. The molecular formula is C24H29N3O2. The zero-order valence-electron chi connectivity index (χ0n) is 17.0. The second kappa shape index (κ2) is 7.43. The first-order valence-electron chi connectivity index (χ1n) is 11.1. The topological polar surface area (TPSA) is 53.5 Å². The van der Waals surface area contributed by atoms with E-state index in [2.05, 4.69) is 4.98 Å². The Morgan fingerprint density at radius 1 is 1.03 bits per heavy atom. The summed E-state index contributed by atoms with van der Waals surface area (Å²) in [5, 5.41) is 1.98. The van der Waals surface area contributed by atoms with Crippen LogP contribution < -0.4 is 0 Å². The van der Waals surface area contributed by atoms with Crippen LogP contribution >= 0.6 is 0 Å². The molecule has 3 heterocycles. The van der Waals surface area contributed by atoms with Gasteiger partial charge < -0.3 is 9.80 Å². The van der Waals surface area contributed by atoms with E-state index in [-0.39, 0.29) is 11.3 Å². The fourth-order valence-electron chi connectivity index (χ4n) is 5.65. The van der Waals surface area contributed by atoms with Crippen molar-refractivity contribution in [2.75, 3.05) is 26.2 Å². The number of nitrogens with zero attached hydrogens (tertiary/aromatic N) is 3. The van der Waals surface area contributed by atoms with Gasteiger partial charge in [0.25, 0.3) is 5.91 Å². The van der Waals surface area contributed by atoms with Crippen LogP contribution in [-0.4, -0.2) is 52.8 Å². The van der Waals surface area contributed by atoms with Crippen LogP contribution in [0.15, 0.2) is 36.5 Å². The highest BCUT2D eigenvalue weighted by atomic mass is 16.2. The Balaban J connectivity index is 1.31. The number of aromatic nitrogens is 1. The van der Waals surface area contributed by atoms with Crippen molar-refractivity contribution in [1.82, 2.24) is 14.8 Å². The number of carbonyl (C=O) groups excluding carboxylic acids is 2. The number of likely N-dealkylation sites (tertiary alicyclic amines) is 2. The maximum absolute atomic E-state index is 13.4. The molecule has 2 saturated heterocycles. The Morgan fingerprint density at radius 2 is 1.83 bits per heavy atom. The fraction of sp³-hybridized carbons (Fsp3) is 0.542. The first kappa shape index (κ1) is 18.6. The first-order valence-corrected chi connectivity index (χ1v) is 11.1. The van der Waals surface area contributed by atoms with Gasteiger partial charge in [0.05, 0.1) is 0 Å². The summed E-state index contributed by atoms with van der Waals surface area (Å²) in [6.07, 6.45) is 9.15. The van der Waals surface area contributed by atoms with Gasteiger partial charge in [-0.1, -0.05) is 30.7 Å². The van der Waals surface area contributed by atoms with Crippen LogP contribution in [0.2, 0.25) is 0 Å². The van der Waals surface area contributed by atoms with Gasteiger partial charge >= 0.3 is 0 Å². The molecule has 1 aliphatic carbocycles. The molecule has 2 aliphatic heterocycles. The van der Waals surface area contributed by atoms with Crippen LogP contribution in [-0.2, 0) is 4.79 Å². The van der Waals surface area contributed by atoms with Gasteiger partial charge in [-0.15, -0.1) is 0 Å². The van der Waals surface area contributed by atoms with Crippen molar-refractivity contribution in [3.8, 4) is 0 Å². The molecule has 1 unspecified atom stereocenters. The quantitative estimate of drug-likeness (QED) is 0.795. The van der Waals surface area contributed by atoms with Crippen LogP contribution in [0.1, 0.15) is 55.4 Å². The molecule has 5 heteroatoms. The van der Waals surface area contributed by atoms with Crippen molar-refractivity contribution in [3.63, 3.8) is 0 Å². The third kappa shape index (κ3) is 3.30. The predicted molar refractivity (Wildman–Crippen MR) is 112 cm³/mol. The summed E-state index contributed by atoms with van der Waals surface area (Å²) in [5.74, 6) is 0.778. The normalized spacial score (nSPS) is 23.0. The number of hydrogen-bond acceptors (Lipinski definition) is 3. The number of rotatable bonds is 4. The first-order chi connectivity index (χ1) is 14.2. The van der Waals surface area contributed by atoms with Gasteiger partial charge in [0.1, 0.15) is 5.69 Å². The van der Waals surface area contributed by atoms with E-state index in [1.54, 1.807) is 6.20 Å². The van der Waals surface area contributed by atoms with Crippen molar-refractivity contribution in [2.45, 2.75) is 44.9 Å². The van der Waals surface area contributed by atoms with E-state index < -0.39 is 0 Å². The third-order valence-corrected chi connectivity index (χ3v) is 7.49. The van der Waals surface area contributed by atoms with E-state index in [9.17, 15) is 9.59 Å². The van der Waals surface area contributed by atoms with Gasteiger partial charge in [-0.05, 0) is 54.9 Å². The lowest BCUT2D eigenvalue weighted by molar-refractivity contribution is -0.130. The summed E-state index contributed by atoms with van der Waals surface area (Å²) < 4.78 is 0. The summed E-state index contributed by atoms with van der Waals surface area (Å²) in [4.78, 5) is 34.4. The van der Waals surface area contributed by atoms with Gasteiger partial charge in [0, 0.05) is 44.2 Å². The summed E-state index contributed by atoms with van der Waals surface area (Å²) in [5.41, 5.74) is 0.789. The highest BCUT2D eigenvalue weighted by Gasteiger charge is 2.51. The molecule has 0 N–H and O–H groups in total. The monoisotopic (exact) mass is 391 g/mol. The number of carbonyl (C=O) groups is 2. The number of fused-ring (bicyclic) bond motifs is 1. The van der Waals surface area contributed by atoms with E-state index in [1.807, 2.05) is 40.1 Å². The number of pyridine rings is 1. The molecule has 0 bridgehead atoms. The molecule has 1 aromatic heterocycles. The molecule has 3 aliphatic rings. The van der Waals surface area contributed by atoms with Crippen molar-refractivity contribution >= 4 is 22.6 Å². The zero-order chi connectivity index (χ0) is 19.8. The van der Waals surface area contributed by atoms with Gasteiger partial charge in [0.2, 0.25) is 5.91 Å². The second-order valence-electron chi connectivity index (χ2n) is 9.11. The van der Waals surface area contributed by atoms with Crippen LogP contribution in [0, 0.1) is 11.3 Å². The highest BCUT2D eigenvalue weighted by Crippen LogP contribution is 2.53. The van der Waals surface area contributed by atoms with E-state index in [0.717, 1.165) is 56.2 Å². The van der Waals surface area contributed by atoms with Gasteiger partial charge in [-0.3, -0.25) is 14.6 Å². The lowest BCUT2D eigenvalue weighted by Gasteiger charge is -2.43. The Morgan fingerprint density at radius 3 is 2.59 bits per heavy atom. The molecule has 152 valence electrons. The van der Waals surface area contributed by atoms with Crippen LogP contribution in [0.25, 0.3) is 10.8 Å². The van der Waals surface area contributed by atoms with Crippen molar-refractivity contribution < 1.29 is 9.59 Å². The van der Waals surface area contributed by atoms with Crippen LogP contribution in [0.4, 0.5) is 0 Å². The summed E-state index contributed by atoms with van der Waals surface area (Å²) in [6, 6.07) is 9.92. The van der Waals surface area contributed by atoms with Gasteiger partial charge in [0.15, 0.2) is 0 Å². The SMILES string of the molecule is O=C(CCC1CN(C(=O)c2nccc3ccccc23)CC12CCC2)N1CCCC1. The molecule has 1 saturated carbocycles. The number of benzene rings is 1. The van der Waals surface area contributed by atoms with E-state index in [4.69, 9.17) is 0 Å². The minimum Gasteiger partial charge on any atom is -0.343 e. The van der Waals surface area contributed by atoms with Crippen LogP contribution in [0.3, 0.4) is 0 Å². The van der Waals surface area contributed by atoms with E-state index in [1.165, 1.54) is 19.3 Å². The fourth-order valence-corrected chi connectivity index (χ4v) is 5.65. The second-order valence-corrected chi connectivity index (χ2v) is 9.11. The lowest BCUT2D eigenvalue weighted by atomic mass is 9.62. The van der Waals surface area contributed by atoms with Gasteiger partial charge in [-0.2, -0.15) is 0 Å².